The summed E-state index contributed by atoms with van der Waals surface area (Å²) in [6.07, 6.45) is 3.10. The Balaban J connectivity index is 2.11. The van der Waals surface area contributed by atoms with Crippen LogP contribution >= 0.6 is 0 Å². The van der Waals surface area contributed by atoms with Crippen LogP contribution in [0.3, 0.4) is 0 Å². The number of pyridine rings is 1. The molecule has 23 heavy (non-hydrogen) atoms. The molecule has 1 amide bonds. The Bertz CT molecular complexity index is 797. The molecule has 1 heterocycles. The number of nitrogens with one attached hydrogen (secondary N) is 2. The van der Waals surface area contributed by atoms with Gasteiger partial charge in [-0.15, -0.1) is 6.58 Å². The van der Waals surface area contributed by atoms with E-state index in [-0.39, 0.29) is 17.3 Å². The molecule has 0 radical (unpaired) electrons. The number of benzene rings is 1. The third kappa shape index (κ3) is 4.48. The first-order chi connectivity index (χ1) is 10.9. The summed E-state index contributed by atoms with van der Waals surface area (Å²) in [6, 6.07) is 9.19. The monoisotopic (exact) mass is 331 g/mol. The third-order valence-electron chi connectivity index (χ3n) is 3.00. The van der Waals surface area contributed by atoms with Gasteiger partial charge >= 0.3 is 0 Å². The van der Waals surface area contributed by atoms with Gasteiger partial charge in [-0.2, -0.15) is 0 Å². The first kappa shape index (κ1) is 16.9. The maximum absolute atomic E-state index is 12.1. The lowest BCUT2D eigenvalue weighted by Crippen LogP contribution is -2.23. The van der Waals surface area contributed by atoms with E-state index in [4.69, 9.17) is 0 Å². The third-order valence-corrected chi connectivity index (χ3v) is 4.44. The van der Waals surface area contributed by atoms with Crippen molar-refractivity contribution in [2.45, 2.75) is 11.8 Å². The molecule has 2 rings (SSSR count). The second-order valence-electron chi connectivity index (χ2n) is 4.84. The van der Waals surface area contributed by atoms with Crippen LogP contribution in [0, 0.1) is 6.92 Å². The maximum atomic E-state index is 12.1. The van der Waals surface area contributed by atoms with Gasteiger partial charge in [0, 0.05) is 18.3 Å². The molecule has 2 aromatic rings. The average molecular weight is 331 g/mol. The molecule has 0 bridgehead atoms. The Morgan fingerprint density at radius 1 is 1.22 bits per heavy atom. The van der Waals surface area contributed by atoms with Crippen LogP contribution in [-0.4, -0.2) is 25.9 Å². The van der Waals surface area contributed by atoms with Gasteiger partial charge in [-0.1, -0.05) is 12.1 Å². The molecule has 0 saturated carbocycles. The molecule has 0 aliphatic heterocycles. The minimum atomic E-state index is -3.59. The molecule has 6 nitrogen and oxygen atoms in total. The molecule has 0 spiro atoms. The quantitative estimate of drug-likeness (QED) is 0.794. The van der Waals surface area contributed by atoms with E-state index in [1.54, 1.807) is 12.3 Å². The summed E-state index contributed by atoms with van der Waals surface area (Å²) in [5.41, 5.74) is 1.33. The highest BCUT2D eigenvalue weighted by Gasteiger charge is 2.14. The number of nitrogens with zero attached hydrogens (tertiary/aromatic N) is 1. The van der Waals surface area contributed by atoms with E-state index < -0.39 is 10.0 Å². The maximum Gasteiger partial charge on any atom is 0.256 e. The van der Waals surface area contributed by atoms with Crippen LogP contribution in [0.15, 0.2) is 60.1 Å². The number of rotatable bonds is 6. The van der Waals surface area contributed by atoms with Crippen LogP contribution in [0.25, 0.3) is 0 Å². The van der Waals surface area contributed by atoms with Gasteiger partial charge in [0.05, 0.1) is 4.90 Å². The average Bonchev–Trinajstić information content (AvgIpc) is 2.55. The molecule has 0 unspecified atom stereocenters. The minimum absolute atomic E-state index is 0.0874. The van der Waals surface area contributed by atoms with Crippen molar-refractivity contribution in [2.24, 2.45) is 0 Å². The highest BCUT2D eigenvalue weighted by Crippen LogP contribution is 2.12. The first-order valence-corrected chi connectivity index (χ1v) is 8.35. The SMILES string of the molecule is C=CCNS(=O)(=O)c1ccc(C(=O)Nc2ccc(C)cn2)cc1. The van der Waals surface area contributed by atoms with Crippen LogP contribution in [-0.2, 0) is 10.0 Å². The lowest BCUT2D eigenvalue weighted by atomic mass is 10.2. The van der Waals surface area contributed by atoms with E-state index in [1.165, 1.54) is 30.3 Å². The summed E-state index contributed by atoms with van der Waals surface area (Å²) in [7, 11) is -3.59. The summed E-state index contributed by atoms with van der Waals surface area (Å²) in [4.78, 5) is 16.3. The number of aromatic nitrogens is 1. The molecule has 0 saturated heterocycles. The molecule has 1 aromatic carbocycles. The zero-order chi connectivity index (χ0) is 16.9. The van der Waals surface area contributed by atoms with E-state index in [0.29, 0.717) is 11.4 Å². The number of hydrogen-bond acceptors (Lipinski definition) is 4. The Morgan fingerprint density at radius 3 is 2.48 bits per heavy atom. The Kier molecular flexibility index (Phi) is 5.25. The Labute approximate surface area is 135 Å². The number of carbonyl (C=O) groups excluding carboxylic acids is 1. The predicted octanol–water partition coefficient (Wildman–Crippen LogP) is 2.11. The van der Waals surface area contributed by atoms with Crippen LogP contribution in [0.2, 0.25) is 0 Å². The lowest BCUT2D eigenvalue weighted by Gasteiger charge is -2.07. The van der Waals surface area contributed by atoms with E-state index in [0.717, 1.165) is 5.56 Å². The van der Waals surface area contributed by atoms with E-state index in [2.05, 4.69) is 21.6 Å². The van der Waals surface area contributed by atoms with Crippen molar-refractivity contribution in [3.05, 3.63) is 66.4 Å². The van der Waals surface area contributed by atoms with Crippen molar-refractivity contribution in [3.8, 4) is 0 Å². The van der Waals surface area contributed by atoms with Crippen LogP contribution in [0.1, 0.15) is 15.9 Å². The molecule has 7 heteroatoms. The van der Waals surface area contributed by atoms with Gasteiger partial charge < -0.3 is 5.32 Å². The van der Waals surface area contributed by atoms with Gasteiger partial charge in [-0.3, -0.25) is 4.79 Å². The van der Waals surface area contributed by atoms with E-state index in [1.807, 2.05) is 13.0 Å². The van der Waals surface area contributed by atoms with Crippen LogP contribution in [0.5, 0.6) is 0 Å². The van der Waals surface area contributed by atoms with Crippen molar-refractivity contribution < 1.29 is 13.2 Å². The van der Waals surface area contributed by atoms with Gasteiger partial charge in [0.15, 0.2) is 0 Å². The molecule has 120 valence electrons. The zero-order valence-electron chi connectivity index (χ0n) is 12.6. The molecule has 0 aliphatic carbocycles. The van der Waals surface area contributed by atoms with Gasteiger partial charge in [-0.05, 0) is 42.8 Å². The zero-order valence-corrected chi connectivity index (χ0v) is 13.4. The molecule has 2 N–H and O–H groups in total. The van der Waals surface area contributed by atoms with Gasteiger partial charge in [0.25, 0.3) is 5.91 Å². The minimum Gasteiger partial charge on any atom is -0.307 e. The van der Waals surface area contributed by atoms with Crippen LogP contribution < -0.4 is 10.0 Å². The van der Waals surface area contributed by atoms with E-state index >= 15 is 0 Å². The fourth-order valence-corrected chi connectivity index (χ4v) is 2.77. The number of aryl methyl sites for hydroxylation is 1. The molecule has 0 aliphatic rings. The van der Waals surface area contributed by atoms with Crippen molar-refractivity contribution in [2.75, 3.05) is 11.9 Å². The number of carbonyl (C=O) groups is 1. The normalized spacial score (nSPS) is 11.0. The number of sulfonamides is 1. The summed E-state index contributed by atoms with van der Waals surface area (Å²) < 4.78 is 26.2. The molecule has 0 atom stereocenters. The fraction of sp³-hybridized carbons (Fsp3) is 0.125. The summed E-state index contributed by atoms with van der Waals surface area (Å²) in [5, 5.41) is 2.65. The van der Waals surface area contributed by atoms with Crippen molar-refractivity contribution in [1.82, 2.24) is 9.71 Å². The largest absolute Gasteiger partial charge is 0.307 e. The Hall–Kier alpha value is -2.51. The predicted molar refractivity (Wildman–Crippen MR) is 88.8 cm³/mol. The van der Waals surface area contributed by atoms with Gasteiger partial charge in [0.2, 0.25) is 10.0 Å². The number of anilines is 1. The molecule has 1 aromatic heterocycles. The number of hydrogen-bond donors (Lipinski definition) is 2. The molecular weight excluding hydrogens is 314 g/mol. The fourth-order valence-electron chi connectivity index (χ4n) is 1.77. The highest BCUT2D eigenvalue weighted by atomic mass is 32.2. The number of amides is 1. The summed E-state index contributed by atoms with van der Waals surface area (Å²) in [6.45, 7) is 5.50. The molecular formula is C16H17N3O3S. The van der Waals surface area contributed by atoms with Gasteiger partial charge in [-0.25, -0.2) is 18.1 Å². The first-order valence-electron chi connectivity index (χ1n) is 6.87. The standard InChI is InChI=1S/C16H17N3O3S/c1-3-10-18-23(21,22)14-7-5-13(6-8-14)16(20)19-15-9-4-12(2)11-17-15/h3-9,11,18H,1,10H2,2H3,(H,17,19,20). The van der Waals surface area contributed by atoms with Gasteiger partial charge in [0.1, 0.15) is 5.82 Å². The lowest BCUT2D eigenvalue weighted by molar-refractivity contribution is 0.102. The summed E-state index contributed by atoms with van der Waals surface area (Å²) >= 11 is 0. The van der Waals surface area contributed by atoms with Crippen molar-refractivity contribution in [1.29, 1.82) is 0 Å². The second-order valence-corrected chi connectivity index (χ2v) is 6.61. The second kappa shape index (κ2) is 7.17. The van der Waals surface area contributed by atoms with Crippen molar-refractivity contribution >= 4 is 21.7 Å². The van der Waals surface area contributed by atoms with Crippen molar-refractivity contribution in [3.63, 3.8) is 0 Å². The molecule has 0 fully saturated rings. The smallest absolute Gasteiger partial charge is 0.256 e. The summed E-state index contributed by atoms with van der Waals surface area (Å²) in [5.74, 6) is 0.0781. The highest BCUT2D eigenvalue weighted by molar-refractivity contribution is 7.89. The Morgan fingerprint density at radius 2 is 1.91 bits per heavy atom. The topological polar surface area (TPSA) is 88.2 Å². The van der Waals surface area contributed by atoms with Crippen LogP contribution in [0.4, 0.5) is 5.82 Å². The van der Waals surface area contributed by atoms with E-state index in [9.17, 15) is 13.2 Å².